The summed E-state index contributed by atoms with van der Waals surface area (Å²) in [6.45, 7) is 2.08. The van der Waals surface area contributed by atoms with E-state index < -0.39 is 17.5 Å². The lowest BCUT2D eigenvalue weighted by molar-refractivity contribution is 0.0741. The summed E-state index contributed by atoms with van der Waals surface area (Å²) in [5, 5.41) is 0. The van der Waals surface area contributed by atoms with Crippen LogP contribution >= 0.6 is 0 Å². The zero-order valence-electron chi connectivity index (χ0n) is 13.3. The van der Waals surface area contributed by atoms with Crippen molar-refractivity contribution in [2.75, 3.05) is 38.2 Å². The van der Waals surface area contributed by atoms with Gasteiger partial charge in [0.25, 0.3) is 5.91 Å². The normalized spacial score (nSPS) is 14.6. The molecular formula is C18H18F2N2O2. The van der Waals surface area contributed by atoms with Crippen LogP contribution in [0.5, 0.6) is 5.75 Å². The van der Waals surface area contributed by atoms with Crippen LogP contribution in [0.3, 0.4) is 0 Å². The number of para-hydroxylation sites is 2. The Morgan fingerprint density at radius 3 is 2.46 bits per heavy atom. The van der Waals surface area contributed by atoms with Gasteiger partial charge in [-0.25, -0.2) is 8.78 Å². The van der Waals surface area contributed by atoms with Crippen molar-refractivity contribution in [3.63, 3.8) is 0 Å². The minimum atomic E-state index is -0.700. The lowest BCUT2D eigenvalue weighted by Crippen LogP contribution is -2.49. The highest BCUT2D eigenvalue weighted by atomic mass is 19.1. The zero-order valence-corrected chi connectivity index (χ0v) is 13.3. The van der Waals surface area contributed by atoms with Crippen molar-refractivity contribution in [2.24, 2.45) is 0 Å². The van der Waals surface area contributed by atoms with Gasteiger partial charge in [0.05, 0.1) is 18.4 Å². The van der Waals surface area contributed by atoms with E-state index in [-0.39, 0.29) is 5.56 Å². The van der Waals surface area contributed by atoms with E-state index in [1.165, 1.54) is 0 Å². The number of nitrogens with zero attached hydrogens (tertiary/aromatic N) is 2. The Bertz CT molecular complexity index is 744. The molecule has 4 nitrogen and oxygen atoms in total. The number of carbonyl (C=O) groups is 1. The molecule has 1 heterocycles. The van der Waals surface area contributed by atoms with E-state index in [9.17, 15) is 13.6 Å². The van der Waals surface area contributed by atoms with E-state index in [0.717, 1.165) is 29.6 Å². The van der Waals surface area contributed by atoms with Gasteiger partial charge in [0.1, 0.15) is 17.4 Å². The third kappa shape index (κ3) is 3.18. The summed E-state index contributed by atoms with van der Waals surface area (Å²) in [5.41, 5.74) is 0.741. The van der Waals surface area contributed by atoms with Crippen molar-refractivity contribution in [3.05, 3.63) is 59.7 Å². The lowest BCUT2D eigenvalue weighted by atomic mass is 10.1. The summed E-state index contributed by atoms with van der Waals surface area (Å²) in [4.78, 5) is 16.1. The number of methoxy groups -OCH3 is 1. The number of anilines is 1. The fourth-order valence-corrected chi connectivity index (χ4v) is 2.87. The van der Waals surface area contributed by atoms with E-state index in [2.05, 4.69) is 4.90 Å². The minimum Gasteiger partial charge on any atom is -0.495 e. The Morgan fingerprint density at radius 2 is 1.75 bits per heavy atom. The second-order valence-electron chi connectivity index (χ2n) is 5.58. The van der Waals surface area contributed by atoms with Gasteiger partial charge in [-0.3, -0.25) is 4.79 Å². The largest absolute Gasteiger partial charge is 0.495 e. The smallest absolute Gasteiger partial charge is 0.257 e. The summed E-state index contributed by atoms with van der Waals surface area (Å²) < 4.78 is 32.4. The molecule has 126 valence electrons. The summed E-state index contributed by atoms with van der Waals surface area (Å²) in [6, 6.07) is 10.6. The van der Waals surface area contributed by atoms with Gasteiger partial charge in [0, 0.05) is 26.2 Å². The van der Waals surface area contributed by atoms with Gasteiger partial charge in [0.2, 0.25) is 0 Å². The number of halogens is 2. The summed E-state index contributed by atoms with van der Waals surface area (Å²) in [7, 11) is 1.62. The zero-order chi connectivity index (χ0) is 17.1. The topological polar surface area (TPSA) is 32.8 Å². The molecule has 0 bridgehead atoms. The number of hydrogen-bond acceptors (Lipinski definition) is 3. The summed E-state index contributed by atoms with van der Waals surface area (Å²) in [6.07, 6.45) is 0. The highest BCUT2D eigenvalue weighted by molar-refractivity contribution is 5.94. The molecule has 0 aromatic heterocycles. The fraction of sp³-hybridized carbons (Fsp3) is 0.278. The van der Waals surface area contributed by atoms with E-state index in [0.29, 0.717) is 26.2 Å². The second kappa shape index (κ2) is 6.86. The molecule has 3 rings (SSSR count). The Labute approximate surface area is 139 Å². The van der Waals surface area contributed by atoms with E-state index >= 15 is 0 Å². The van der Waals surface area contributed by atoms with Crippen molar-refractivity contribution >= 4 is 11.6 Å². The molecule has 0 atom stereocenters. The fourth-order valence-electron chi connectivity index (χ4n) is 2.87. The SMILES string of the molecule is COc1ccccc1N1CCN(C(=O)c2cc(F)ccc2F)CC1. The van der Waals surface area contributed by atoms with Crippen LogP contribution in [0.1, 0.15) is 10.4 Å². The van der Waals surface area contributed by atoms with E-state index in [1.807, 2.05) is 24.3 Å². The van der Waals surface area contributed by atoms with Gasteiger partial charge >= 0.3 is 0 Å². The molecule has 6 heteroatoms. The average Bonchev–Trinajstić information content (AvgIpc) is 2.63. The maximum atomic E-state index is 13.8. The van der Waals surface area contributed by atoms with Crippen LogP contribution in [0.15, 0.2) is 42.5 Å². The highest BCUT2D eigenvalue weighted by Gasteiger charge is 2.25. The third-order valence-corrected chi connectivity index (χ3v) is 4.15. The van der Waals surface area contributed by atoms with Crippen LogP contribution in [-0.4, -0.2) is 44.1 Å². The standard InChI is InChI=1S/C18H18F2N2O2/c1-24-17-5-3-2-4-16(17)21-8-10-22(11-9-21)18(23)14-12-13(19)6-7-15(14)20/h2-7,12H,8-11H2,1H3. The Balaban J connectivity index is 1.71. The van der Waals surface area contributed by atoms with Crippen LogP contribution < -0.4 is 9.64 Å². The predicted octanol–water partition coefficient (Wildman–Crippen LogP) is 2.94. The van der Waals surface area contributed by atoms with Crippen LogP contribution in [0, 0.1) is 11.6 Å². The highest BCUT2D eigenvalue weighted by Crippen LogP contribution is 2.28. The van der Waals surface area contributed by atoms with Gasteiger partial charge in [-0.1, -0.05) is 12.1 Å². The van der Waals surface area contributed by atoms with Gasteiger partial charge < -0.3 is 14.5 Å². The summed E-state index contributed by atoms with van der Waals surface area (Å²) in [5.74, 6) is -1.03. The maximum Gasteiger partial charge on any atom is 0.257 e. The van der Waals surface area contributed by atoms with Crippen LogP contribution in [-0.2, 0) is 0 Å². The number of benzene rings is 2. The van der Waals surface area contributed by atoms with E-state index in [4.69, 9.17) is 4.74 Å². The maximum absolute atomic E-state index is 13.8. The molecule has 1 aliphatic rings. The third-order valence-electron chi connectivity index (χ3n) is 4.15. The Hall–Kier alpha value is -2.63. The molecular weight excluding hydrogens is 314 g/mol. The van der Waals surface area contributed by atoms with Crippen molar-refractivity contribution in [1.82, 2.24) is 4.90 Å². The Morgan fingerprint density at radius 1 is 1.04 bits per heavy atom. The number of hydrogen-bond donors (Lipinski definition) is 0. The predicted molar refractivity (Wildman–Crippen MR) is 87.5 cm³/mol. The average molecular weight is 332 g/mol. The van der Waals surface area contributed by atoms with Crippen molar-refractivity contribution in [3.8, 4) is 5.75 Å². The quantitative estimate of drug-likeness (QED) is 0.866. The molecule has 0 aliphatic carbocycles. The molecule has 0 N–H and O–H groups in total. The Kier molecular flexibility index (Phi) is 4.64. The van der Waals surface area contributed by atoms with E-state index in [1.54, 1.807) is 12.0 Å². The minimum absolute atomic E-state index is 0.222. The van der Waals surface area contributed by atoms with Crippen LogP contribution in [0.2, 0.25) is 0 Å². The van der Waals surface area contributed by atoms with Gasteiger partial charge in [0.15, 0.2) is 0 Å². The second-order valence-corrected chi connectivity index (χ2v) is 5.58. The first-order valence-electron chi connectivity index (χ1n) is 7.72. The molecule has 0 saturated carbocycles. The first kappa shape index (κ1) is 16.2. The lowest BCUT2D eigenvalue weighted by Gasteiger charge is -2.36. The number of rotatable bonds is 3. The first-order valence-corrected chi connectivity index (χ1v) is 7.72. The molecule has 0 radical (unpaired) electrons. The van der Waals surface area contributed by atoms with Gasteiger partial charge in [-0.15, -0.1) is 0 Å². The molecule has 1 amide bonds. The van der Waals surface area contributed by atoms with Crippen LogP contribution in [0.25, 0.3) is 0 Å². The molecule has 0 spiro atoms. The number of ether oxygens (including phenoxy) is 1. The molecule has 24 heavy (non-hydrogen) atoms. The molecule has 1 saturated heterocycles. The first-order chi connectivity index (χ1) is 11.6. The molecule has 2 aromatic carbocycles. The van der Waals surface area contributed by atoms with Gasteiger partial charge in [-0.2, -0.15) is 0 Å². The number of piperazine rings is 1. The summed E-state index contributed by atoms with van der Waals surface area (Å²) >= 11 is 0. The number of carbonyl (C=O) groups excluding carboxylic acids is 1. The molecule has 0 unspecified atom stereocenters. The number of amides is 1. The molecule has 2 aromatic rings. The van der Waals surface area contributed by atoms with Crippen molar-refractivity contribution in [2.45, 2.75) is 0 Å². The van der Waals surface area contributed by atoms with Crippen LogP contribution in [0.4, 0.5) is 14.5 Å². The molecule has 1 aliphatic heterocycles. The molecule has 1 fully saturated rings. The van der Waals surface area contributed by atoms with Gasteiger partial charge in [-0.05, 0) is 30.3 Å². The van der Waals surface area contributed by atoms with Crippen molar-refractivity contribution < 1.29 is 18.3 Å². The monoisotopic (exact) mass is 332 g/mol. The van der Waals surface area contributed by atoms with Crippen molar-refractivity contribution in [1.29, 1.82) is 0 Å².